The molecule has 0 bridgehead atoms. The van der Waals surface area contributed by atoms with Crippen LogP contribution in [-0.2, 0) is 0 Å². The summed E-state index contributed by atoms with van der Waals surface area (Å²) in [5.74, 6) is 0.738. The molecule has 0 aliphatic carbocycles. The van der Waals surface area contributed by atoms with Gasteiger partial charge in [0, 0.05) is 0 Å². The molecule has 0 rings (SSSR count). The molecular weight excluding hydrogens is 140 g/mol. The Morgan fingerprint density at radius 2 is 1.91 bits per heavy atom. The van der Waals surface area contributed by atoms with Crippen molar-refractivity contribution in [1.82, 2.24) is 0 Å². The third-order valence-electron chi connectivity index (χ3n) is 1.46. The van der Waals surface area contributed by atoms with E-state index >= 15 is 0 Å². The van der Waals surface area contributed by atoms with E-state index in [1.54, 1.807) is 0 Å². The minimum absolute atomic E-state index is 0.738. The van der Waals surface area contributed by atoms with Gasteiger partial charge in [-0.2, -0.15) is 0 Å². The molecule has 0 radical (unpaired) electrons. The smallest absolute Gasteiger partial charge is 0.171 e. The van der Waals surface area contributed by atoms with Crippen molar-refractivity contribution in [3.63, 3.8) is 0 Å². The lowest BCUT2D eigenvalue weighted by Crippen LogP contribution is -1.97. The van der Waals surface area contributed by atoms with Crippen molar-refractivity contribution in [2.24, 2.45) is 5.92 Å². The molecule has 2 N–H and O–H groups in total. The van der Waals surface area contributed by atoms with E-state index in [4.69, 9.17) is 10.2 Å². The highest BCUT2D eigenvalue weighted by molar-refractivity contribution is 4.83. The van der Waals surface area contributed by atoms with Crippen LogP contribution in [0.3, 0.4) is 0 Å². The number of hydrogen-bond donors (Lipinski definition) is 2. The highest BCUT2D eigenvalue weighted by Gasteiger charge is 1.91. The van der Waals surface area contributed by atoms with Gasteiger partial charge in [-0.05, 0) is 24.8 Å². The van der Waals surface area contributed by atoms with E-state index < -0.39 is 6.29 Å². The first-order chi connectivity index (χ1) is 5.13. The lowest BCUT2D eigenvalue weighted by atomic mass is 10.1. The first-order valence-corrected chi connectivity index (χ1v) is 4.15. The van der Waals surface area contributed by atoms with Crippen LogP contribution in [0.2, 0.25) is 0 Å². The summed E-state index contributed by atoms with van der Waals surface area (Å²) in [6.07, 6.45) is 5.20. The Hall–Kier alpha value is -0.340. The van der Waals surface area contributed by atoms with Gasteiger partial charge in [-0.15, -0.1) is 0 Å². The monoisotopic (exact) mass is 158 g/mol. The SMILES string of the molecule is CC(C)CCCC=CC(O)O. The summed E-state index contributed by atoms with van der Waals surface area (Å²) in [4.78, 5) is 0. The standard InChI is InChI=1S/C9H18O2/c1-8(2)6-4-3-5-7-9(10)11/h5,7-11H,3-4,6H2,1-2H3. The summed E-state index contributed by atoms with van der Waals surface area (Å²) in [7, 11) is 0. The number of hydrogen-bond acceptors (Lipinski definition) is 2. The average molecular weight is 158 g/mol. The molecule has 0 unspecified atom stereocenters. The van der Waals surface area contributed by atoms with Gasteiger partial charge in [0.2, 0.25) is 0 Å². The molecule has 0 aromatic carbocycles. The maximum atomic E-state index is 8.43. The van der Waals surface area contributed by atoms with Crippen LogP contribution in [0.5, 0.6) is 0 Å². The van der Waals surface area contributed by atoms with Gasteiger partial charge in [-0.25, -0.2) is 0 Å². The first kappa shape index (κ1) is 10.7. The zero-order valence-corrected chi connectivity index (χ0v) is 7.33. The number of aliphatic hydroxyl groups is 2. The fourth-order valence-corrected chi connectivity index (χ4v) is 0.862. The van der Waals surface area contributed by atoms with Crippen LogP contribution in [0.1, 0.15) is 33.1 Å². The molecule has 0 aliphatic heterocycles. The zero-order chi connectivity index (χ0) is 8.69. The fraction of sp³-hybridized carbons (Fsp3) is 0.778. The third-order valence-corrected chi connectivity index (χ3v) is 1.46. The maximum absolute atomic E-state index is 8.43. The number of unbranched alkanes of at least 4 members (excludes halogenated alkanes) is 1. The minimum Gasteiger partial charge on any atom is -0.365 e. The molecule has 0 heterocycles. The van der Waals surface area contributed by atoms with E-state index in [2.05, 4.69) is 13.8 Å². The van der Waals surface area contributed by atoms with Gasteiger partial charge in [-0.3, -0.25) is 0 Å². The van der Waals surface area contributed by atoms with Crippen LogP contribution in [0.15, 0.2) is 12.2 Å². The average Bonchev–Trinajstić information content (AvgIpc) is 1.85. The van der Waals surface area contributed by atoms with E-state index in [1.165, 1.54) is 12.5 Å². The Morgan fingerprint density at radius 1 is 1.27 bits per heavy atom. The van der Waals surface area contributed by atoms with Crippen LogP contribution in [0, 0.1) is 5.92 Å². The first-order valence-electron chi connectivity index (χ1n) is 4.15. The van der Waals surface area contributed by atoms with Crippen molar-refractivity contribution < 1.29 is 10.2 Å². The maximum Gasteiger partial charge on any atom is 0.171 e. The predicted molar refractivity (Wildman–Crippen MR) is 46.1 cm³/mol. The van der Waals surface area contributed by atoms with Crippen molar-refractivity contribution in [3.8, 4) is 0 Å². The summed E-state index contributed by atoms with van der Waals surface area (Å²) >= 11 is 0. The summed E-state index contributed by atoms with van der Waals surface area (Å²) in [6, 6.07) is 0. The number of rotatable bonds is 5. The molecule has 0 fully saturated rings. The van der Waals surface area contributed by atoms with Gasteiger partial charge in [0.05, 0.1) is 0 Å². The summed E-state index contributed by atoms with van der Waals surface area (Å²) in [5, 5.41) is 16.9. The molecule has 0 saturated heterocycles. The third kappa shape index (κ3) is 9.66. The molecule has 2 heteroatoms. The van der Waals surface area contributed by atoms with Crippen LogP contribution in [0.25, 0.3) is 0 Å². The molecule has 0 aromatic rings. The van der Waals surface area contributed by atoms with E-state index in [0.29, 0.717) is 0 Å². The van der Waals surface area contributed by atoms with Gasteiger partial charge >= 0.3 is 0 Å². The fourth-order valence-electron chi connectivity index (χ4n) is 0.862. The van der Waals surface area contributed by atoms with E-state index in [-0.39, 0.29) is 0 Å². The summed E-state index contributed by atoms with van der Waals surface area (Å²) in [5.41, 5.74) is 0. The van der Waals surface area contributed by atoms with Gasteiger partial charge in [0.1, 0.15) is 0 Å². The second-order valence-electron chi connectivity index (χ2n) is 3.17. The largest absolute Gasteiger partial charge is 0.365 e. The predicted octanol–water partition coefficient (Wildman–Crippen LogP) is 1.68. The molecule has 66 valence electrons. The van der Waals surface area contributed by atoms with Crippen molar-refractivity contribution in [1.29, 1.82) is 0 Å². The van der Waals surface area contributed by atoms with E-state index in [1.807, 2.05) is 6.08 Å². The molecule has 0 aliphatic rings. The van der Waals surface area contributed by atoms with E-state index in [0.717, 1.165) is 18.8 Å². The molecular formula is C9H18O2. The molecule has 0 atom stereocenters. The zero-order valence-electron chi connectivity index (χ0n) is 7.33. The lowest BCUT2D eigenvalue weighted by Gasteiger charge is -2.00. The molecule has 2 nitrogen and oxygen atoms in total. The Bertz CT molecular complexity index is 106. The Balaban J connectivity index is 3.14. The topological polar surface area (TPSA) is 40.5 Å². The summed E-state index contributed by atoms with van der Waals surface area (Å²) < 4.78 is 0. The van der Waals surface area contributed by atoms with Crippen LogP contribution in [0.4, 0.5) is 0 Å². The number of allylic oxidation sites excluding steroid dienone is 1. The molecule has 0 amide bonds. The van der Waals surface area contributed by atoms with Crippen LogP contribution >= 0.6 is 0 Å². The summed E-state index contributed by atoms with van der Waals surface area (Å²) in [6.45, 7) is 4.37. The molecule has 11 heavy (non-hydrogen) atoms. The lowest BCUT2D eigenvalue weighted by molar-refractivity contribution is 0.00216. The normalized spacial score (nSPS) is 12.2. The van der Waals surface area contributed by atoms with Crippen molar-refractivity contribution in [2.45, 2.75) is 39.4 Å². The molecule has 0 aromatic heterocycles. The minimum atomic E-state index is -1.28. The molecule has 0 spiro atoms. The number of aliphatic hydroxyl groups excluding tert-OH is 1. The Kier molecular flexibility index (Phi) is 6.18. The van der Waals surface area contributed by atoms with Gasteiger partial charge in [-0.1, -0.05) is 26.3 Å². The Morgan fingerprint density at radius 3 is 2.36 bits per heavy atom. The molecule has 0 saturated carbocycles. The highest BCUT2D eigenvalue weighted by atomic mass is 16.5. The van der Waals surface area contributed by atoms with Gasteiger partial charge < -0.3 is 10.2 Å². The van der Waals surface area contributed by atoms with Crippen LogP contribution < -0.4 is 0 Å². The van der Waals surface area contributed by atoms with Crippen molar-refractivity contribution in [2.75, 3.05) is 0 Å². The highest BCUT2D eigenvalue weighted by Crippen LogP contribution is 2.06. The quantitative estimate of drug-likeness (QED) is 0.363. The van der Waals surface area contributed by atoms with Crippen molar-refractivity contribution in [3.05, 3.63) is 12.2 Å². The second-order valence-corrected chi connectivity index (χ2v) is 3.17. The second kappa shape index (κ2) is 6.38. The van der Waals surface area contributed by atoms with Gasteiger partial charge in [0.15, 0.2) is 6.29 Å². The van der Waals surface area contributed by atoms with Crippen molar-refractivity contribution >= 4 is 0 Å². The van der Waals surface area contributed by atoms with E-state index in [9.17, 15) is 0 Å². The van der Waals surface area contributed by atoms with Gasteiger partial charge in [0.25, 0.3) is 0 Å². The van der Waals surface area contributed by atoms with Crippen LogP contribution in [-0.4, -0.2) is 16.5 Å². The Labute approximate surface area is 68.6 Å².